The number of rotatable bonds is 5. The zero-order chi connectivity index (χ0) is 22.0. The summed E-state index contributed by atoms with van der Waals surface area (Å²) in [6.07, 6.45) is 6.16. The topological polar surface area (TPSA) is 51.2 Å². The first kappa shape index (κ1) is 22.3. The average molecular weight is 431 g/mol. The molecule has 1 amide bonds. The van der Waals surface area contributed by atoms with Crippen molar-refractivity contribution >= 4 is 6.09 Å². The van der Waals surface area contributed by atoms with Crippen LogP contribution >= 0.6 is 0 Å². The lowest BCUT2D eigenvalue weighted by Crippen LogP contribution is -2.50. The van der Waals surface area contributed by atoms with E-state index in [2.05, 4.69) is 30.9 Å². The highest BCUT2D eigenvalue weighted by molar-refractivity contribution is 5.68. The number of nitrogens with zero attached hydrogens (tertiary/aromatic N) is 2. The van der Waals surface area contributed by atoms with Crippen molar-refractivity contribution in [3.63, 3.8) is 0 Å². The molecule has 4 rings (SSSR count). The van der Waals surface area contributed by atoms with Gasteiger partial charge in [0.1, 0.15) is 6.10 Å². The SMILES string of the molecule is COc1cc2c(cc1OC)C1CC(OC(=O)N3CCCCC3)C(CC(C)C)CN1CC2. The van der Waals surface area contributed by atoms with Crippen LogP contribution < -0.4 is 9.47 Å². The van der Waals surface area contributed by atoms with Crippen molar-refractivity contribution in [2.45, 2.75) is 64.5 Å². The van der Waals surface area contributed by atoms with E-state index in [1.807, 2.05) is 4.90 Å². The molecule has 3 aliphatic heterocycles. The zero-order valence-electron chi connectivity index (χ0n) is 19.6. The van der Waals surface area contributed by atoms with Crippen LogP contribution in [0.1, 0.15) is 63.1 Å². The summed E-state index contributed by atoms with van der Waals surface area (Å²) in [5.74, 6) is 2.52. The van der Waals surface area contributed by atoms with Gasteiger partial charge >= 0.3 is 6.09 Å². The van der Waals surface area contributed by atoms with Crippen LogP contribution in [-0.2, 0) is 11.2 Å². The fourth-order valence-corrected chi connectivity index (χ4v) is 5.66. The molecule has 3 atom stereocenters. The molecule has 2 saturated heterocycles. The second-order valence-electron chi connectivity index (χ2n) is 9.76. The number of benzene rings is 1. The average Bonchev–Trinajstić information content (AvgIpc) is 2.78. The molecule has 172 valence electrons. The molecule has 0 bridgehead atoms. The van der Waals surface area contributed by atoms with E-state index in [1.54, 1.807) is 14.2 Å². The van der Waals surface area contributed by atoms with E-state index >= 15 is 0 Å². The minimum Gasteiger partial charge on any atom is -0.493 e. The first-order chi connectivity index (χ1) is 15.0. The summed E-state index contributed by atoms with van der Waals surface area (Å²) in [7, 11) is 3.38. The fraction of sp³-hybridized carbons (Fsp3) is 0.720. The predicted octanol–water partition coefficient (Wildman–Crippen LogP) is 4.66. The Morgan fingerprint density at radius 2 is 1.77 bits per heavy atom. The van der Waals surface area contributed by atoms with Gasteiger partial charge in [-0.2, -0.15) is 0 Å². The van der Waals surface area contributed by atoms with E-state index in [4.69, 9.17) is 14.2 Å². The standard InChI is InChI=1S/C25H38N2O4/c1-17(2)12-19-16-27-11-8-18-13-23(29-3)24(30-4)14-20(18)21(27)15-22(19)31-25(28)26-9-6-5-7-10-26/h13-14,17,19,21-22H,5-12,15-16H2,1-4H3. The first-order valence-electron chi connectivity index (χ1n) is 11.9. The number of hydrogen-bond acceptors (Lipinski definition) is 5. The molecule has 1 aromatic carbocycles. The number of methoxy groups -OCH3 is 2. The van der Waals surface area contributed by atoms with E-state index in [-0.39, 0.29) is 18.2 Å². The van der Waals surface area contributed by atoms with Crippen LogP contribution in [0.25, 0.3) is 0 Å². The quantitative estimate of drug-likeness (QED) is 0.680. The van der Waals surface area contributed by atoms with E-state index in [0.29, 0.717) is 11.8 Å². The third kappa shape index (κ3) is 4.79. The van der Waals surface area contributed by atoms with Crippen LogP contribution in [0.2, 0.25) is 0 Å². The Kier molecular flexibility index (Phi) is 6.95. The number of carbonyl (C=O) groups is 1. The van der Waals surface area contributed by atoms with Crippen LogP contribution in [0.5, 0.6) is 11.5 Å². The third-order valence-corrected chi connectivity index (χ3v) is 7.20. The van der Waals surface area contributed by atoms with Crippen LogP contribution in [0.3, 0.4) is 0 Å². The molecule has 2 fully saturated rings. The largest absolute Gasteiger partial charge is 0.493 e. The molecule has 1 aromatic rings. The Bertz CT molecular complexity index is 775. The van der Waals surface area contributed by atoms with Crippen molar-refractivity contribution in [1.29, 1.82) is 0 Å². The highest BCUT2D eigenvalue weighted by atomic mass is 16.6. The molecule has 0 aliphatic carbocycles. The van der Waals surface area contributed by atoms with Gasteiger partial charge in [0, 0.05) is 44.6 Å². The second-order valence-corrected chi connectivity index (χ2v) is 9.76. The Hall–Kier alpha value is -1.95. The number of fused-ring (bicyclic) bond motifs is 3. The number of ether oxygens (including phenoxy) is 3. The summed E-state index contributed by atoms with van der Waals surface area (Å²) in [5, 5.41) is 0. The highest BCUT2D eigenvalue weighted by Gasteiger charge is 2.41. The maximum absolute atomic E-state index is 12.9. The van der Waals surface area contributed by atoms with Gasteiger partial charge in [-0.15, -0.1) is 0 Å². The van der Waals surface area contributed by atoms with Crippen molar-refractivity contribution in [1.82, 2.24) is 9.80 Å². The van der Waals surface area contributed by atoms with Crippen molar-refractivity contribution in [3.05, 3.63) is 23.3 Å². The van der Waals surface area contributed by atoms with Crippen molar-refractivity contribution in [2.24, 2.45) is 11.8 Å². The molecule has 3 heterocycles. The Morgan fingerprint density at radius 3 is 2.45 bits per heavy atom. The minimum atomic E-state index is -0.116. The molecule has 0 radical (unpaired) electrons. The van der Waals surface area contributed by atoms with Crippen LogP contribution in [0, 0.1) is 11.8 Å². The molecule has 0 aromatic heterocycles. The summed E-state index contributed by atoms with van der Waals surface area (Å²) in [6.45, 7) is 8.20. The van der Waals surface area contributed by atoms with Crippen molar-refractivity contribution in [2.75, 3.05) is 40.4 Å². The molecule has 0 saturated carbocycles. The Labute approximate surface area is 186 Å². The van der Waals surface area contributed by atoms with Gasteiger partial charge in [-0.25, -0.2) is 4.79 Å². The number of piperidine rings is 2. The molecule has 31 heavy (non-hydrogen) atoms. The Morgan fingerprint density at radius 1 is 1.06 bits per heavy atom. The van der Waals surface area contributed by atoms with Gasteiger partial charge in [0.2, 0.25) is 0 Å². The molecular weight excluding hydrogens is 392 g/mol. The smallest absolute Gasteiger partial charge is 0.410 e. The van der Waals surface area contributed by atoms with Crippen molar-refractivity contribution < 1.29 is 19.0 Å². The maximum Gasteiger partial charge on any atom is 0.410 e. The van der Waals surface area contributed by atoms with Gasteiger partial charge in [0.25, 0.3) is 0 Å². The molecule has 0 N–H and O–H groups in total. The lowest BCUT2D eigenvalue weighted by Gasteiger charge is -2.47. The van der Waals surface area contributed by atoms with Gasteiger partial charge in [-0.05, 0) is 61.3 Å². The summed E-state index contributed by atoms with van der Waals surface area (Å²) >= 11 is 0. The summed E-state index contributed by atoms with van der Waals surface area (Å²) in [5.41, 5.74) is 2.62. The fourth-order valence-electron chi connectivity index (χ4n) is 5.66. The normalized spacial score (nSPS) is 26.2. The summed E-state index contributed by atoms with van der Waals surface area (Å²) in [4.78, 5) is 17.4. The number of likely N-dealkylation sites (tertiary alicyclic amines) is 1. The zero-order valence-corrected chi connectivity index (χ0v) is 19.6. The lowest BCUT2D eigenvalue weighted by molar-refractivity contribution is -0.0405. The van der Waals surface area contributed by atoms with Crippen LogP contribution in [0.15, 0.2) is 12.1 Å². The van der Waals surface area contributed by atoms with E-state index in [9.17, 15) is 4.79 Å². The van der Waals surface area contributed by atoms with Crippen LogP contribution in [0.4, 0.5) is 4.79 Å². The third-order valence-electron chi connectivity index (χ3n) is 7.20. The van der Waals surface area contributed by atoms with Gasteiger partial charge in [0.15, 0.2) is 11.5 Å². The molecule has 3 unspecified atom stereocenters. The Balaban J connectivity index is 1.57. The van der Waals surface area contributed by atoms with Crippen LogP contribution in [-0.4, -0.2) is 62.4 Å². The number of amides is 1. The van der Waals surface area contributed by atoms with E-state index in [1.165, 1.54) is 17.5 Å². The summed E-state index contributed by atoms with van der Waals surface area (Å²) in [6, 6.07) is 4.52. The van der Waals surface area contributed by atoms with Gasteiger partial charge in [-0.1, -0.05) is 13.8 Å². The van der Waals surface area contributed by atoms with Gasteiger partial charge < -0.3 is 19.1 Å². The molecular formula is C25H38N2O4. The molecule has 3 aliphatic rings. The lowest BCUT2D eigenvalue weighted by atomic mass is 9.79. The summed E-state index contributed by atoms with van der Waals surface area (Å²) < 4.78 is 17.3. The number of carbonyl (C=O) groups excluding carboxylic acids is 1. The van der Waals surface area contributed by atoms with E-state index in [0.717, 1.165) is 69.8 Å². The minimum absolute atomic E-state index is 0.0443. The molecule has 6 nitrogen and oxygen atoms in total. The maximum atomic E-state index is 12.9. The monoisotopic (exact) mass is 430 g/mol. The highest BCUT2D eigenvalue weighted by Crippen LogP contribution is 2.44. The second kappa shape index (κ2) is 9.68. The van der Waals surface area contributed by atoms with Gasteiger partial charge in [-0.3, -0.25) is 4.90 Å². The van der Waals surface area contributed by atoms with Gasteiger partial charge in [0.05, 0.1) is 14.2 Å². The van der Waals surface area contributed by atoms with Crippen molar-refractivity contribution in [3.8, 4) is 11.5 Å². The van der Waals surface area contributed by atoms with E-state index < -0.39 is 0 Å². The predicted molar refractivity (Wildman–Crippen MR) is 121 cm³/mol. The number of hydrogen-bond donors (Lipinski definition) is 0. The molecule has 0 spiro atoms. The first-order valence-corrected chi connectivity index (χ1v) is 11.9. The molecule has 6 heteroatoms.